The van der Waals surface area contributed by atoms with Gasteiger partial charge < -0.3 is 9.52 Å². The average Bonchev–Trinajstić information content (AvgIpc) is 2.94. The van der Waals surface area contributed by atoms with Crippen LogP contribution in [0, 0.1) is 0 Å². The molecule has 17 heavy (non-hydrogen) atoms. The van der Waals surface area contributed by atoms with Gasteiger partial charge in [-0.1, -0.05) is 18.2 Å². The molecule has 0 aliphatic rings. The van der Waals surface area contributed by atoms with Gasteiger partial charge in [-0.3, -0.25) is 0 Å². The first-order valence-electron chi connectivity index (χ1n) is 5.41. The summed E-state index contributed by atoms with van der Waals surface area (Å²) in [7, 11) is 0. The second-order valence-corrected chi connectivity index (χ2v) is 4.62. The molecule has 2 heterocycles. The van der Waals surface area contributed by atoms with Crippen LogP contribution in [0.4, 0.5) is 0 Å². The Labute approximate surface area is 102 Å². The average molecular weight is 245 g/mol. The number of fused-ring (bicyclic) bond motifs is 1. The van der Waals surface area contributed by atoms with Crippen molar-refractivity contribution in [2.24, 2.45) is 0 Å². The van der Waals surface area contributed by atoms with E-state index < -0.39 is 0 Å². The maximum absolute atomic E-state index is 8.86. The van der Waals surface area contributed by atoms with Crippen molar-refractivity contribution in [3.8, 4) is 10.8 Å². The predicted octanol–water partition coefficient (Wildman–Crippen LogP) is 3.09. The van der Waals surface area contributed by atoms with Crippen molar-refractivity contribution >= 4 is 22.3 Å². The van der Waals surface area contributed by atoms with Gasteiger partial charge in [-0.05, 0) is 12.1 Å². The summed E-state index contributed by atoms with van der Waals surface area (Å²) in [6.45, 7) is 0.128. The van der Waals surface area contributed by atoms with Crippen LogP contribution in [0.15, 0.2) is 40.1 Å². The number of furan rings is 1. The van der Waals surface area contributed by atoms with Crippen molar-refractivity contribution in [1.29, 1.82) is 0 Å². The topological polar surface area (TPSA) is 46.3 Å². The number of thiazole rings is 1. The summed E-state index contributed by atoms with van der Waals surface area (Å²) in [5, 5.41) is 12.8. The quantitative estimate of drug-likeness (QED) is 0.771. The lowest BCUT2D eigenvalue weighted by Crippen LogP contribution is -1.89. The first-order valence-corrected chi connectivity index (χ1v) is 6.29. The number of nitrogens with zero attached hydrogens (tertiary/aromatic N) is 1. The molecule has 0 saturated carbocycles. The van der Waals surface area contributed by atoms with Gasteiger partial charge in [0.25, 0.3) is 0 Å². The molecule has 0 unspecified atom stereocenters. The molecule has 0 bridgehead atoms. The molecule has 0 aliphatic carbocycles. The molecule has 2 aromatic heterocycles. The number of hydrogen-bond acceptors (Lipinski definition) is 4. The summed E-state index contributed by atoms with van der Waals surface area (Å²) >= 11 is 1.54. The van der Waals surface area contributed by atoms with Gasteiger partial charge in [0.1, 0.15) is 5.58 Å². The lowest BCUT2D eigenvalue weighted by molar-refractivity contribution is 0.298. The smallest absolute Gasteiger partial charge is 0.164 e. The van der Waals surface area contributed by atoms with Crippen molar-refractivity contribution in [2.75, 3.05) is 6.61 Å². The number of para-hydroxylation sites is 1. The number of rotatable bonds is 3. The van der Waals surface area contributed by atoms with Gasteiger partial charge in [-0.15, -0.1) is 11.3 Å². The standard InChI is InChI=1S/C13H11NO2S/c15-6-5-10-8-17-13(14-10)12-7-9-3-1-2-4-11(9)16-12/h1-4,7-8,15H,5-6H2. The van der Waals surface area contributed by atoms with E-state index in [-0.39, 0.29) is 6.61 Å². The molecule has 1 N–H and O–H groups in total. The van der Waals surface area contributed by atoms with Crippen LogP contribution in [-0.4, -0.2) is 16.7 Å². The van der Waals surface area contributed by atoms with E-state index in [9.17, 15) is 0 Å². The van der Waals surface area contributed by atoms with E-state index in [1.807, 2.05) is 35.7 Å². The van der Waals surface area contributed by atoms with Crippen LogP contribution in [0.25, 0.3) is 21.7 Å². The van der Waals surface area contributed by atoms with E-state index in [2.05, 4.69) is 4.98 Å². The third-order valence-electron chi connectivity index (χ3n) is 2.56. The molecule has 0 aliphatic heterocycles. The van der Waals surface area contributed by atoms with Gasteiger partial charge in [0.2, 0.25) is 0 Å². The Morgan fingerprint density at radius 2 is 2.18 bits per heavy atom. The zero-order valence-corrected chi connectivity index (χ0v) is 9.91. The summed E-state index contributed by atoms with van der Waals surface area (Å²) in [6, 6.07) is 9.90. The number of aliphatic hydroxyl groups excluding tert-OH is 1. The summed E-state index contributed by atoms with van der Waals surface area (Å²) in [6.07, 6.45) is 0.594. The van der Waals surface area contributed by atoms with Crippen LogP contribution >= 0.6 is 11.3 Å². The second-order valence-electron chi connectivity index (χ2n) is 3.77. The van der Waals surface area contributed by atoms with Crippen molar-refractivity contribution in [3.63, 3.8) is 0 Å². The summed E-state index contributed by atoms with van der Waals surface area (Å²) in [5.74, 6) is 0.792. The van der Waals surface area contributed by atoms with E-state index in [0.717, 1.165) is 27.4 Å². The number of aliphatic hydroxyl groups is 1. The fourth-order valence-corrected chi connectivity index (χ4v) is 2.54. The largest absolute Gasteiger partial charge is 0.454 e. The first-order chi connectivity index (χ1) is 8.36. The van der Waals surface area contributed by atoms with Crippen molar-refractivity contribution in [2.45, 2.75) is 6.42 Å². The van der Waals surface area contributed by atoms with Crippen LogP contribution in [-0.2, 0) is 6.42 Å². The highest BCUT2D eigenvalue weighted by atomic mass is 32.1. The number of aromatic nitrogens is 1. The molecule has 0 amide bonds. The Morgan fingerprint density at radius 3 is 3.00 bits per heavy atom. The van der Waals surface area contributed by atoms with Gasteiger partial charge in [-0.2, -0.15) is 0 Å². The summed E-state index contributed by atoms with van der Waals surface area (Å²) in [5.41, 5.74) is 1.79. The fraction of sp³-hybridized carbons (Fsp3) is 0.154. The highest BCUT2D eigenvalue weighted by Crippen LogP contribution is 2.29. The van der Waals surface area contributed by atoms with E-state index >= 15 is 0 Å². The molecule has 3 aromatic rings. The Hall–Kier alpha value is -1.65. The molecule has 0 spiro atoms. The second kappa shape index (κ2) is 4.31. The maximum Gasteiger partial charge on any atom is 0.164 e. The predicted molar refractivity (Wildman–Crippen MR) is 68.1 cm³/mol. The molecule has 0 saturated heterocycles. The molecule has 0 atom stereocenters. The Balaban J connectivity index is 2.01. The van der Waals surface area contributed by atoms with Crippen LogP contribution in [0.5, 0.6) is 0 Å². The number of hydrogen-bond donors (Lipinski definition) is 1. The normalized spacial score (nSPS) is 11.1. The van der Waals surface area contributed by atoms with Crippen molar-refractivity contribution in [3.05, 3.63) is 41.4 Å². The maximum atomic E-state index is 8.86. The highest BCUT2D eigenvalue weighted by molar-refractivity contribution is 7.13. The Kier molecular flexibility index (Phi) is 2.66. The first kappa shape index (κ1) is 10.5. The number of benzene rings is 1. The molecule has 1 aromatic carbocycles. The Morgan fingerprint density at radius 1 is 1.29 bits per heavy atom. The minimum absolute atomic E-state index is 0.128. The van der Waals surface area contributed by atoms with E-state index in [1.165, 1.54) is 0 Å². The Bertz CT molecular complexity index is 608. The van der Waals surface area contributed by atoms with Crippen LogP contribution in [0.2, 0.25) is 0 Å². The SMILES string of the molecule is OCCc1csc(-c2cc3ccccc3o2)n1. The van der Waals surface area contributed by atoms with Crippen LogP contribution < -0.4 is 0 Å². The third-order valence-corrected chi connectivity index (χ3v) is 3.46. The third kappa shape index (κ3) is 1.97. The lowest BCUT2D eigenvalue weighted by atomic mass is 10.2. The molecule has 3 rings (SSSR count). The van der Waals surface area contributed by atoms with Crippen molar-refractivity contribution in [1.82, 2.24) is 4.98 Å². The molecular formula is C13H11NO2S. The zero-order valence-electron chi connectivity index (χ0n) is 9.09. The zero-order chi connectivity index (χ0) is 11.7. The van der Waals surface area contributed by atoms with Gasteiger partial charge in [-0.25, -0.2) is 4.98 Å². The lowest BCUT2D eigenvalue weighted by Gasteiger charge is -1.89. The van der Waals surface area contributed by atoms with Crippen LogP contribution in [0.1, 0.15) is 5.69 Å². The highest BCUT2D eigenvalue weighted by Gasteiger charge is 2.09. The molecule has 4 heteroatoms. The minimum Gasteiger partial charge on any atom is -0.454 e. The monoisotopic (exact) mass is 245 g/mol. The fourth-order valence-electron chi connectivity index (χ4n) is 1.74. The molecule has 0 radical (unpaired) electrons. The minimum atomic E-state index is 0.128. The van der Waals surface area contributed by atoms with Crippen LogP contribution in [0.3, 0.4) is 0 Å². The van der Waals surface area contributed by atoms with E-state index in [0.29, 0.717) is 6.42 Å². The summed E-state index contributed by atoms with van der Waals surface area (Å²) in [4.78, 5) is 4.43. The van der Waals surface area contributed by atoms with Gasteiger partial charge in [0.15, 0.2) is 10.8 Å². The van der Waals surface area contributed by atoms with E-state index in [4.69, 9.17) is 9.52 Å². The van der Waals surface area contributed by atoms with Gasteiger partial charge in [0, 0.05) is 23.8 Å². The molecular weight excluding hydrogens is 234 g/mol. The summed E-state index contributed by atoms with van der Waals surface area (Å²) < 4.78 is 5.73. The molecule has 86 valence electrons. The van der Waals surface area contributed by atoms with Gasteiger partial charge in [0.05, 0.1) is 5.69 Å². The molecule has 3 nitrogen and oxygen atoms in total. The van der Waals surface area contributed by atoms with Crippen molar-refractivity contribution < 1.29 is 9.52 Å². The van der Waals surface area contributed by atoms with Gasteiger partial charge >= 0.3 is 0 Å². The molecule has 0 fully saturated rings. The van der Waals surface area contributed by atoms with E-state index in [1.54, 1.807) is 11.3 Å².